The molecule has 28 heavy (non-hydrogen) atoms. The number of methoxy groups -OCH3 is 1. The fraction of sp³-hybridized carbons (Fsp3) is 0.421. The van der Waals surface area contributed by atoms with Crippen molar-refractivity contribution in [1.82, 2.24) is 15.3 Å². The van der Waals surface area contributed by atoms with Crippen LogP contribution in [0, 0.1) is 5.92 Å². The Kier molecular flexibility index (Phi) is 4.70. The molecule has 0 saturated carbocycles. The maximum absolute atomic E-state index is 13.0. The second-order valence-electron chi connectivity index (χ2n) is 7.04. The summed E-state index contributed by atoms with van der Waals surface area (Å²) in [5.74, 6) is 0.176. The molecule has 1 N–H and O–H groups in total. The molecule has 1 fully saturated rings. The van der Waals surface area contributed by atoms with Gasteiger partial charge >= 0.3 is 6.18 Å². The predicted molar refractivity (Wildman–Crippen MR) is 94.7 cm³/mol. The van der Waals surface area contributed by atoms with Crippen molar-refractivity contribution < 1.29 is 22.7 Å². The van der Waals surface area contributed by atoms with E-state index in [1.54, 1.807) is 0 Å². The summed E-state index contributed by atoms with van der Waals surface area (Å²) < 4.78 is 43.9. The van der Waals surface area contributed by atoms with Crippen LogP contribution in [-0.2, 0) is 15.7 Å². The van der Waals surface area contributed by atoms with E-state index in [0.717, 1.165) is 23.5 Å². The van der Waals surface area contributed by atoms with Crippen molar-refractivity contribution in [1.29, 1.82) is 0 Å². The molecule has 4 rings (SSSR count). The minimum absolute atomic E-state index is 0.0411. The summed E-state index contributed by atoms with van der Waals surface area (Å²) in [7, 11) is 1.45. The number of alkyl halides is 3. The third-order valence-electron chi connectivity index (χ3n) is 5.38. The Morgan fingerprint density at radius 2 is 2.00 bits per heavy atom. The van der Waals surface area contributed by atoms with Crippen LogP contribution in [0.3, 0.4) is 0 Å². The van der Waals surface area contributed by atoms with Crippen molar-refractivity contribution in [2.45, 2.75) is 18.1 Å². The zero-order valence-electron chi connectivity index (χ0n) is 15.1. The van der Waals surface area contributed by atoms with E-state index in [1.807, 2.05) is 29.2 Å². The van der Waals surface area contributed by atoms with E-state index in [0.29, 0.717) is 13.1 Å². The zero-order chi connectivity index (χ0) is 19.9. The van der Waals surface area contributed by atoms with Gasteiger partial charge in [0.2, 0.25) is 5.91 Å². The fourth-order valence-corrected chi connectivity index (χ4v) is 4.25. The average Bonchev–Trinajstić information content (AvgIpc) is 3.21. The highest BCUT2D eigenvalue weighted by molar-refractivity contribution is 5.78. The Hall–Kier alpha value is -2.68. The smallest absolute Gasteiger partial charge is 0.375 e. The van der Waals surface area contributed by atoms with Crippen LogP contribution < -0.4 is 10.2 Å². The molecule has 3 atom stereocenters. The molecule has 2 aromatic rings. The molecular formula is C19H19F3N4O2. The molecule has 9 heteroatoms. The molecule has 1 aliphatic carbocycles. The number of nitrogens with zero attached hydrogens (tertiary/aromatic N) is 3. The van der Waals surface area contributed by atoms with Gasteiger partial charge in [0, 0.05) is 38.1 Å². The number of ether oxygens (including phenoxy) is 1. The lowest BCUT2D eigenvalue weighted by Gasteiger charge is -2.23. The van der Waals surface area contributed by atoms with Crippen LogP contribution in [0.25, 0.3) is 0 Å². The van der Waals surface area contributed by atoms with Crippen molar-refractivity contribution >= 4 is 11.7 Å². The van der Waals surface area contributed by atoms with Gasteiger partial charge in [-0.2, -0.15) is 13.2 Å². The quantitative estimate of drug-likeness (QED) is 0.866. The minimum atomic E-state index is -4.52. The van der Waals surface area contributed by atoms with E-state index in [1.165, 1.54) is 7.11 Å². The number of hydrogen-bond donors (Lipinski definition) is 1. The zero-order valence-corrected chi connectivity index (χ0v) is 15.1. The standard InChI is InChI=1S/C19H19F3N4O2/c1-28-9-17(27)25-18-12-5-3-2-4-11(12)13-7-26(8-14(13)18)16-6-15(19(20,21)22)23-10-24-16/h2-6,10,13-14,18H,7-9H2,1H3,(H,25,27)/t13-,14-,18+/m0/s1. The number of nitrogens with one attached hydrogen (secondary N) is 1. The number of carbonyl (C=O) groups is 1. The van der Waals surface area contributed by atoms with Gasteiger partial charge < -0.3 is 15.0 Å². The topological polar surface area (TPSA) is 67.3 Å². The first-order valence-corrected chi connectivity index (χ1v) is 8.90. The first-order chi connectivity index (χ1) is 13.4. The molecule has 0 spiro atoms. The van der Waals surface area contributed by atoms with Gasteiger partial charge in [0.15, 0.2) is 0 Å². The lowest BCUT2D eigenvalue weighted by molar-refractivity contribution is -0.141. The summed E-state index contributed by atoms with van der Waals surface area (Å²) >= 11 is 0. The Morgan fingerprint density at radius 1 is 1.25 bits per heavy atom. The highest BCUT2D eigenvalue weighted by atomic mass is 19.4. The number of carbonyl (C=O) groups excluding carboxylic acids is 1. The summed E-state index contributed by atoms with van der Waals surface area (Å²) in [5, 5.41) is 3.01. The molecule has 1 aromatic heterocycles. The molecule has 1 saturated heterocycles. The lowest BCUT2D eigenvalue weighted by Crippen LogP contribution is -2.35. The largest absolute Gasteiger partial charge is 0.433 e. The van der Waals surface area contributed by atoms with Gasteiger partial charge in [-0.3, -0.25) is 4.79 Å². The lowest BCUT2D eigenvalue weighted by atomic mass is 9.94. The van der Waals surface area contributed by atoms with Gasteiger partial charge in [-0.25, -0.2) is 9.97 Å². The average molecular weight is 392 g/mol. The molecular weight excluding hydrogens is 373 g/mol. The predicted octanol–water partition coefficient (Wildman–Crippen LogP) is 2.53. The molecule has 0 radical (unpaired) electrons. The van der Waals surface area contributed by atoms with Gasteiger partial charge in [-0.15, -0.1) is 0 Å². The molecule has 0 unspecified atom stereocenters. The van der Waals surface area contributed by atoms with Crippen LogP contribution in [0.15, 0.2) is 36.7 Å². The third kappa shape index (κ3) is 3.30. The van der Waals surface area contributed by atoms with Gasteiger partial charge in [0.25, 0.3) is 0 Å². The number of amides is 1. The Labute approximate surface area is 159 Å². The fourth-order valence-electron chi connectivity index (χ4n) is 4.25. The monoisotopic (exact) mass is 392 g/mol. The van der Waals surface area contributed by atoms with Crippen molar-refractivity contribution in [3.05, 3.63) is 53.5 Å². The molecule has 1 aliphatic heterocycles. The van der Waals surface area contributed by atoms with E-state index in [-0.39, 0.29) is 36.2 Å². The summed E-state index contributed by atoms with van der Waals surface area (Å²) in [6.07, 6.45) is -3.57. The number of rotatable bonds is 4. The highest BCUT2D eigenvalue weighted by Crippen LogP contribution is 2.49. The van der Waals surface area contributed by atoms with Crippen molar-refractivity contribution in [2.75, 3.05) is 31.7 Å². The summed E-state index contributed by atoms with van der Waals surface area (Å²) in [5.41, 5.74) is 1.21. The van der Waals surface area contributed by atoms with Crippen molar-refractivity contribution in [2.24, 2.45) is 5.92 Å². The number of halogens is 3. The Balaban J connectivity index is 1.61. The molecule has 0 bridgehead atoms. The summed E-state index contributed by atoms with van der Waals surface area (Å²) in [6.45, 7) is 0.985. The van der Waals surface area contributed by atoms with Crippen LogP contribution in [0.2, 0.25) is 0 Å². The van der Waals surface area contributed by atoms with Crippen LogP contribution in [0.4, 0.5) is 19.0 Å². The summed E-state index contributed by atoms with van der Waals surface area (Å²) in [6, 6.07) is 8.63. The van der Waals surface area contributed by atoms with Gasteiger partial charge in [0.1, 0.15) is 24.4 Å². The van der Waals surface area contributed by atoms with E-state index in [9.17, 15) is 18.0 Å². The van der Waals surface area contributed by atoms with Crippen LogP contribution >= 0.6 is 0 Å². The van der Waals surface area contributed by atoms with E-state index in [4.69, 9.17) is 4.74 Å². The highest BCUT2D eigenvalue weighted by Gasteiger charge is 2.47. The molecule has 1 amide bonds. The second-order valence-corrected chi connectivity index (χ2v) is 7.04. The SMILES string of the molecule is COCC(=O)N[C@@H]1c2ccccc2[C@@H]2CN(c3cc(C(F)(F)F)ncn3)C[C@H]12. The number of aromatic nitrogens is 2. The van der Waals surface area contributed by atoms with Gasteiger partial charge in [0.05, 0.1) is 6.04 Å². The number of anilines is 1. The van der Waals surface area contributed by atoms with Crippen molar-refractivity contribution in [3.8, 4) is 0 Å². The maximum atomic E-state index is 13.0. The van der Waals surface area contributed by atoms with Crippen molar-refractivity contribution in [3.63, 3.8) is 0 Å². The summed E-state index contributed by atoms with van der Waals surface area (Å²) in [4.78, 5) is 21.3. The van der Waals surface area contributed by atoms with E-state index >= 15 is 0 Å². The first-order valence-electron chi connectivity index (χ1n) is 8.90. The molecule has 148 valence electrons. The van der Waals surface area contributed by atoms with E-state index < -0.39 is 11.9 Å². The first kappa shape index (κ1) is 18.7. The number of fused-ring (bicyclic) bond motifs is 3. The number of hydrogen-bond acceptors (Lipinski definition) is 5. The third-order valence-corrected chi connectivity index (χ3v) is 5.38. The number of benzene rings is 1. The molecule has 6 nitrogen and oxygen atoms in total. The van der Waals surface area contributed by atoms with Gasteiger partial charge in [-0.1, -0.05) is 24.3 Å². The van der Waals surface area contributed by atoms with Crippen LogP contribution in [-0.4, -0.2) is 42.7 Å². The second kappa shape index (κ2) is 7.05. The Bertz CT molecular complexity index is 889. The van der Waals surface area contributed by atoms with Crippen LogP contribution in [0.5, 0.6) is 0 Å². The molecule has 2 aliphatic rings. The maximum Gasteiger partial charge on any atom is 0.433 e. The van der Waals surface area contributed by atoms with Crippen LogP contribution in [0.1, 0.15) is 28.8 Å². The minimum Gasteiger partial charge on any atom is -0.375 e. The molecule has 2 heterocycles. The normalized spacial score (nSPS) is 23.4. The molecule has 1 aromatic carbocycles. The Morgan fingerprint density at radius 3 is 2.71 bits per heavy atom. The van der Waals surface area contributed by atoms with Gasteiger partial charge in [-0.05, 0) is 11.1 Å². The van der Waals surface area contributed by atoms with E-state index in [2.05, 4.69) is 15.3 Å².